The van der Waals surface area contributed by atoms with Gasteiger partial charge in [-0.25, -0.2) is 0 Å². The van der Waals surface area contributed by atoms with Gasteiger partial charge in [-0.1, -0.05) is 30.3 Å². The van der Waals surface area contributed by atoms with Crippen LogP contribution in [0.5, 0.6) is 11.5 Å². The van der Waals surface area contributed by atoms with E-state index < -0.39 is 0 Å². The number of para-hydroxylation sites is 1. The molecule has 2 rings (SSSR count). The van der Waals surface area contributed by atoms with E-state index in [9.17, 15) is 0 Å². The molecular weight excluding hydrogens is 250 g/mol. The van der Waals surface area contributed by atoms with Crippen molar-refractivity contribution in [1.29, 1.82) is 0 Å². The Bertz CT molecular complexity index is 513. The summed E-state index contributed by atoms with van der Waals surface area (Å²) in [4.78, 5) is 0. The number of rotatable bonds is 7. The van der Waals surface area contributed by atoms with Gasteiger partial charge in [-0.2, -0.15) is 0 Å². The van der Waals surface area contributed by atoms with Crippen LogP contribution in [0.4, 0.5) is 0 Å². The van der Waals surface area contributed by atoms with Crippen molar-refractivity contribution < 1.29 is 14.8 Å². The zero-order valence-corrected chi connectivity index (χ0v) is 12.1. The Labute approximate surface area is 120 Å². The van der Waals surface area contributed by atoms with E-state index >= 15 is 0 Å². The first-order chi connectivity index (χ1) is 9.78. The number of nitrogens with two attached hydrogens (primary N) is 1. The van der Waals surface area contributed by atoms with Crippen LogP contribution in [0.2, 0.25) is 0 Å². The molecule has 1 atom stereocenters. The summed E-state index contributed by atoms with van der Waals surface area (Å²) in [6.45, 7) is 3.85. The zero-order chi connectivity index (χ0) is 14.2. The lowest BCUT2D eigenvalue weighted by Gasteiger charge is -2.10. The molecule has 2 aromatic carbocycles. The first kappa shape index (κ1) is 14.6. The second-order valence-corrected chi connectivity index (χ2v) is 4.93. The van der Waals surface area contributed by atoms with Gasteiger partial charge in [0.15, 0.2) is 0 Å². The molecule has 0 saturated heterocycles. The van der Waals surface area contributed by atoms with Gasteiger partial charge in [0.2, 0.25) is 0 Å². The minimum absolute atomic E-state index is 0.457. The predicted molar refractivity (Wildman–Crippen MR) is 79.9 cm³/mol. The van der Waals surface area contributed by atoms with E-state index in [2.05, 4.69) is 24.4 Å². The average molecular weight is 272 g/mol. The highest BCUT2D eigenvalue weighted by molar-refractivity contribution is 5.33. The van der Waals surface area contributed by atoms with Crippen molar-refractivity contribution in [3.05, 3.63) is 60.2 Å². The number of ether oxygens (including phenoxy) is 2. The number of benzene rings is 2. The first-order valence-electron chi connectivity index (χ1n) is 6.92. The van der Waals surface area contributed by atoms with Crippen molar-refractivity contribution in [2.45, 2.75) is 19.5 Å². The quantitative estimate of drug-likeness (QED) is 0.841. The maximum atomic E-state index is 5.83. The number of hydrogen-bond donors (Lipinski definition) is 1. The molecule has 2 aromatic rings. The lowest BCUT2D eigenvalue weighted by atomic mass is 10.2. The van der Waals surface area contributed by atoms with Crippen LogP contribution < -0.4 is 10.1 Å². The highest BCUT2D eigenvalue weighted by Gasteiger charge is 2.05. The first-order valence-corrected chi connectivity index (χ1v) is 6.92. The summed E-state index contributed by atoms with van der Waals surface area (Å²) in [6, 6.07) is 18.5. The van der Waals surface area contributed by atoms with E-state index in [0.29, 0.717) is 6.04 Å². The molecule has 3 heteroatoms. The summed E-state index contributed by atoms with van der Waals surface area (Å²) in [6.07, 6.45) is 0. The summed E-state index contributed by atoms with van der Waals surface area (Å²) >= 11 is 0. The molecule has 0 radical (unpaired) electrons. The fourth-order valence-electron chi connectivity index (χ4n) is 2.03. The lowest BCUT2D eigenvalue weighted by Crippen LogP contribution is -2.88. The van der Waals surface area contributed by atoms with Gasteiger partial charge in [-0.15, -0.1) is 0 Å². The average Bonchev–Trinajstić information content (AvgIpc) is 2.47. The molecule has 0 aliphatic rings. The third-order valence-corrected chi connectivity index (χ3v) is 3.06. The molecule has 106 valence electrons. The Morgan fingerprint density at radius 3 is 2.50 bits per heavy atom. The van der Waals surface area contributed by atoms with Crippen LogP contribution in [0.25, 0.3) is 0 Å². The summed E-state index contributed by atoms with van der Waals surface area (Å²) in [5.74, 6) is 1.74. The van der Waals surface area contributed by atoms with Crippen LogP contribution in [0.15, 0.2) is 54.6 Å². The Kier molecular flexibility index (Phi) is 5.59. The maximum Gasteiger partial charge on any atom is 0.127 e. The van der Waals surface area contributed by atoms with E-state index in [1.165, 1.54) is 5.56 Å². The van der Waals surface area contributed by atoms with Crippen molar-refractivity contribution in [3.63, 3.8) is 0 Å². The Morgan fingerprint density at radius 2 is 1.75 bits per heavy atom. The van der Waals surface area contributed by atoms with Gasteiger partial charge in [-0.3, -0.25) is 0 Å². The van der Waals surface area contributed by atoms with Crippen LogP contribution in [0, 0.1) is 0 Å². The third-order valence-electron chi connectivity index (χ3n) is 3.06. The van der Waals surface area contributed by atoms with Gasteiger partial charge < -0.3 is 14.8 Å². The van der Waals surface area contributed by atoms with Crippen molar-refractivity contribution in [2.24, 2.45) is 0 Å². The van der Waals surface area contributed by atoms with Crippen LogP contribution >= 0.6 is 0 Å². The molecule has 0 saturated carbocycles. The van der Waals surface area contributed by atoms with Crippen molar-refractivity contribution >= 4 is 0 Å². The highest BCUT2D eigenvalue weighted by Crippen LogP contribution is 2.21. The van der Waals surface area contributed by atoms with Gasteiger partial charge >= 0.3 is 0 Å². The molecule has 0 heterocycles. The van der Waals surface area contributed by atoms with Crippen LogP contribution in [-0.2, 0) is 11.3 Å². The van der Waals surface area contributed by atoms with Crippen LogP contribution in [-0.4, -0.2) is 19.8 Å². The number of methoxy groups -OCH3 is 1. The molecule has 0 fully saturated rings. The van der Waals surface area contributed by atoms with E-state index in [-0.39, 0.29) is 0 Å². The Morgan fingerprint density at radius 1 is 1.00 bits per heavy atom. The third kappa shape index (κ3) is 4.68. The molecule has 20 heavy (non-hydrogen) atoms. The van der Waals surface area contributed by atoms with E-state index in [1.54, 1.807) is 7.11 Å². The standard InChI is InChI=1S/C17H21NO2/c1-14(13-19-2)18-12-15-7-6-10-17(11-15)20-16-8-4-3-5-9-16/h3-11,14,18H,12-13H2,1-2H3/p+1/t14-/m1/s1. The molecule has 0 aromatic heterocycles. The van der Waals surface area contributed by atoms with E-state index in [0.717, 1.165) is 24.7 Å². The zero-order valence-electron chi connectivity index (χ0n) is 12.1. The van der Waals surface area contributed by atoms with Crippen molar-refractivity contribution in [3.8, 4) is 11.5 Å². The normalized spacial score (nSPS) is 12.1. The molecule has 3 nitrogen and oxygen atoms in total. The topological polar surface area (TPSA) is 35.1 Å². The summed E-state index contributed by atoms with van der Waals surface area (Å²) in [5, 5.41) is 2.27. The largest absolute Gasteiger partial charge is 0.457 e. The Balaban J connectivity index is 1.94. The summed E-state index contributed by atoms with van der Waals surface area (Å²) in [5.41, 5.74) is 1.25. The van der Waals surface area contributed by atoms with Crippen LogP contribution in [0.3, 0.4) is 0 Å². The van der Waals surface area contributed by atoms with Gasteiger partial charge in [0.1, 0.15) is 24.1 Å². The van der Waals surface area contributed by atoms with Gasteiger partial charge in [0.05, 0.1) is 6.61 Å². The fraction of sp³-hybridized carbons (Fsp3) is 0.294. The SMILES string of the molecule is COC[C@@H](C)[NH2+]Cc1cccc(Oc2ccccc2)c1. The second kappa shape index (κ2) is 7.68. The lowest BCUT2D eigenvalue weighted by molar-refractivity contribution is -0.702. The van der Waals surface area contributed by atoms with Crippen molar-refractivity contribution in [2.75, 3.05) is 13.7 Å². The Hall–Kier alpha value is -1.84. The van der Waals surface area contributed by atoms with Gasteiger partial charge in [-0.05, 0) is 31.2 Å². The monoisotopic (exact) mass is 272 g/mol. The summed E-state index contributed by atoms with van der Waals surface area (Å²) < 4.78 is 11.0. The smallest absolute Gasteiger partial charge is 0.127 e. The van der Waals surface area contributed by atoms with E-state index in [4.69, 9.17) is 9.47 Å². The summed E-state index contributed by atoms with van der Waals surface area (Å²) in [7, 11) is 1.73. The molecular formula is C17H22NO2+. The van der Waals surface area contributed by atoms with Crippen LogP contribution in [0.1, 0.15) is 12.5 Å². The molecule has 0 spiro atoms. The minimum Gasteiger partial charge on any atom is -0.457 e. The second-order valence-electron chi connectivity index (χ2n) is 4.93. The van der Waals surface area contributed by atoms with Gasteiger partial charge in [0, 0.05) is 12.7 Å². The number of hydrogen-bond acceptors (Lipinski definition) is 2. The molecule has 0 aliphatic heterocycles. The maximum absolute atomic E-state index is 5.83. The minimum atomic E-state index is 0.457. The molecule has 0 bridgehead atoms. The molecule has 2 N–H and O–H groups in total. The highest BCUT2D eigenvalue weighted by atomic mass is 16.5. The fourth-order valence-corrected chi connectivity index (χ4v) is 2.03. The van der Waals surface area contributed by atoms with E-state index in [1.807, 2.05) is 42.5 Å². The molecule has 0 aliphatic carbocycles. The number of quaternary nitrogens is 1. The van der Waals surface area contributed by atoms with Gasteiger partial charge in [0.25, 0.3) is 0 Å². The van der Waals surface area contributed by atoms with Crippen molar-refractivity contribution in [1.82, 2.24) is 0 Å². The molecule has 0 unspecified atom stereocenters. The predicted octanol–water partition coefficient (Wildman–Crippen LogP) is 2.58. The molecule has 0 amide bonds.